The molecule has 5 nitrogen and oxygen atoms in total. The van der Waals surface area contributed by atoms with Crippen LogP contribution < -0.4 is 16.4 Å². The van der Waals surface area contributed by atoms with Crippen molar-refractivity contribution in [1.29, 1.82) is 0 Å². The van der Waals surface area contributed by atoms with E-state index in [0.717, 1.165) is 39.0 Å². The number of carbonyl (C=O) groups is 1. The zero-order valence-electron chi connectivity index (χ0n) is 11.8. The Bertz CT molecular complexity index is 199. The van der Waals surface area contributed by atoms with E-state index in [1.165, 1.54) is 0 Å². The standard InChI is InChI=1S/C13H29N3O2/c1-12(2)11-18-13(17)5-10-16-9-4-8-15-7-3-6-14/h12,15-16H,3-11,14H2,1-2H3. The summed E-state index contributed by atoms with van der Waals surface area (Å²) < 4.78 is 5.07. The Hall–Kier alpha value is -0.650. The minimum absolute atomic E-state index is 0.114. The summed E-state index contributed by atoms with van der Waals surface area (Å²) in [7, 11) is 0. The summed E-state index contributed by atoms with van der Waals surface area (Å²) in [5, 5.41) is 6.54. The molecule has 0 radical (unpaired) electrons. The maximum Gasteiger partial charge on any atom is 0.307 e. The number of esters is 1. The fourth-order valence-electron chi connectivity index (χ4n) is 1.34. The van der Waals surface area contributed by atoms with Gasteiger partial charge in [-0.2, -0.15) is 0 Å². The van der Waals surface area contributed by atoms with Crippen LogP contribution in [0, 0.1) is 5.92 Å². The lowest BCUT2D eigenvalue weighted by molar-refractivity contribution is -0.144. The zero-order chi connectivity index (χ0) is 13.6. The van der Waals surface area contributed by atoms with Crippen molar-refractivity contribution in [2.45, 2.75) is 33.1 Å². The molecule has 0 aromatic heterocycles. The Balaban J connectivity index is 3.12. The number of ether oxygens (including phenoxy) is 1. The van der Waals surface area contributed by atoms with E-state index in [4.69, 9.17) is 10.5 Å². The van der Waals surface area contributed by atoms with Gasteiger partial charge in [0.05, 0.1) is 13.0 Å². The average Bonchev–Trinajstić information content (AvgIpc) is 2.34. The third-order valence-electron chi connectivity index (χ3n) is 2.35. The molecule has 0 atom stereocenters. The number of carbonyl (C=O) groups excluding carboxylic acids is 1. The molecule has 0 unspecified atom stereocenters. The fraction of sp³-hybridized carbons (Fsp3) is 0.923. The molecule has 0 aromatic rings. The molecular weight excluding hydrogens is 230 g/mol. The predicted molar refractivity (Wildman–Crippen MR) is 74.4 cm³/mol. The lowest BCUT2D eigenvalue weighted by atomic mass is 10.2. The first-order valence-corrected chi connectivity index (χ1v) is 6.94. The summed E-state index contributed by atoms with van der Waals surface area (Å²) >= 11 is 0. The molecule has 0 aliphatic heterocycles. The number of nitrogens with two attached hydrogens (primary N) is 1. The van der Waals surface area contributed by atoms with Crippen molar-refractivity contribution in [2.24, 2.45) is 11.7 Å². The van der Waals surface area contributed by atoms with Gasteiger partial charge in [0.15, 0.2) is 0 Å². The van der Waals surface area contributed by atoms with Gasteiger partial charge in [-0.25, -0.2) is 0 Å². The van der Waals surface area contributed by atoms with E-state index in [2.05, 4.69) is 10.6 Å². The number of hydrogen-bond acceptors (Lipinski definition) is 5. The molecular formula is C13H29N3O2. The molecule has 0 aromatic carbocycles. The van der Waals surface area contributed by atoms with Crippen molar-refractivity contribution in [1.82, 2.24) is 10.6 Å². The van der Waals surface area contributed by atoms with Crippen molar-refractivity contribution >= 4 is 5.97 Å². The summed E-state index contributed by atoms with van der Waals surface area (Å²) in [6.07, 6.45) is 2.54. The first kappa shape index (κ1) is 17.4. The van der Waals surface area contributed by atoms with Crippen molar-refractivity contribution in [3.8, 4) is 0 Å². The van der Waals surface area contributed by atoms with E-state index < -0.39 is 0 Å². The lowest BCUT2D eigenvalue weighted by Gasteiger charge is -2.08. The molecule has 0 aliphatic carbocycles. The normalized spacial score (nSPS) is 10.9. The third-order valence-corrected chi connectivity index (χ3v) is 2.35. The molecule has 0 saturated heterocycles. The Labute approximate surface area is 111 Å². The van der Waals surface area contributed by atoms with Crippen LogP contribution >= 0.6 is 0 Å². The monoisotopic (exact) mass is 259 g/mol. The van der Waals surface area contributed by atoms with E-state index in [9.17, 15) is 4.79 Å². The van der Waals surface area contributed by atoms with Crippen LogP contribution in [0.1, 0.15) is 33.1 Å². The van der Waals surface area contributed by atoms with E-state index in [1.54, 1.807) is 0 Å². The smallest absolute Gasteiger partial charge is 0.307 e. The van der Waals surface area contributed by atoms with Gasteiger partial charge in [-0.05, 0) is 44.9 Å². The van der Waals surface area contributed by atoms with Crippen molar-refractivity contribution in [3.63, 3.8) is 0 Å². The Morgan fingerprint density at radius 3 is 2.33 bits per heavy atom. The van der Waals surface area contributed by atoms with Gasteiger partial charge in [0.25, 0.3) is 0 Å². The molecule has 18 heavy (non-hydrogen) atoms. The highest BCUT2D eigenvalue weighted by Crippen LogP contribution is 1.94. The van der Waals surface area contributed by atoms with Crippen molar-refractivity contribution in [2.75, 3.05) is 39.3 Å². The van der Waals surface area contributed by atoms with Crippen LogP contribution in [0.4, 0.5) is 0 Å². The summed E-state index contributed by atoms with van der Waals surface area (Å²) in [4.78, 5) is 11.3. The minimum Gasteiger partial charge on any atom is -0.465 e. The summed E-state index contributed by atoms with van der Waals surface area (Å²) in [5.74, 6) is 0.291. The van der Waals surface area contributed by atoms with Crippen LogP contribution in [0.15, 0.2) is 0 Å². The van der Waals surface area contributed by atoms with Crippen LogP contribution in [-0.4, -0.2) is 45.3 Å². The van der Waals surface area contributed by atoms with Crippen molar-refractivity contribution in [3.05, 3.63) is 0 Å². The molecule has 0 aliphatic rings. The molecule has 0 spiro atoms. The Morgan fingerprint density at radius 1 is 1.11 bits per heavy atom. The highest BCUT2D eigenvalue weighted by Gasteiger charge is 2.03. The number of nitrogens with one attached hydrogen (secondary N) is 2. The molecule has 108 valence electrons. The van der Waals surface area contributed by atoms with Crippen molar-refractivity contribution < 1.29 is 9.53 Å². The lowest BCUT2D eigenvalue weighted by Crippen LogP contribution is -2.25. The van der Waals surface area contributed by atoms with Gasteiger partial charge in [-0.3, -0.25) is 4.79 Å². The van der Waals surface area contributed by atoms with Gasteiger partial charge in [0.1, 0.15) is 0 Å². The summed E-state index contributed by atoms with van der Waals surface area (Å²) in [6, 6.07) is 0. The predicted octanol–water partition coefficient (Wildman–Crippen LogP) is 0.494. The maximum absolute atomic E-state index is 11.3. The molecule has 0 heterocycles. The fourth-order valence-corrected chi connectivity index (χ4v) is 1.34. The largest absolute Gasteiger partial charge is 0.465 e. The van der Waals surface area contributed by atoms with Gasteiger partial charge >= 0.3 is 5.97 Å². The SMILES string of the molecule is CC(C)COC(=O)CCNCCCNCCCN. The molecule has 0 amide bonds. The van der Waals surface area contributed by atoms with Crippen LogP contribution in [-0.2, 0) is 9.53 Å². The minimum atomic E-state index is -0.114. The Morgan fingerprint density at radius 2 is 1.72 bits per heavy atom. The maximum atomic E-state index is 11.3. The first-order valence-electron chi connectivity index (χ1n) is 6.94. The van der Waals surface area contributed by atoms with E-state index >= 15 is 0 Å². The van der Waals surface area contributed by atoms with Gasteiger partial charge in [-0.1, -0.05) is 13.8 Å². The molecule has 0 bridgehead atoms. The summed E-state index contributed by atoms with van der Waals surface area (Å²) in [5.41, 5.74) is 5.38. The third kappa shape index (κ3) is 13.4. The molecule has 5 heteroatoms. The van der Waals surface area contributed by atoms with Crippen LogP contribution in [0.3, 0.4) is 0 Å². The number of hydrogen-bond donors (Lipinski definition) is 3. The molecule has 0 saturated carbocycles. The quantitative estimate of drug-likeness (QED) is 0.351. The average molecular weight is 259 g/mol. The topological polar surface area (TPSA) is 76.4 Å². The second-order valence-electron chi connectivity index (χ2n) is 4.82. The van der Waals surface area contributed by atoms with Gasteiger partial charge < -0.3 is 21.1 Å². The second kappa shape index (κ2) is 12.8. The summed E-state index contributed by atoms with van der Waals surface area (Å²) in [6.45, 7) is 8.91. The zero-order valence-corrected chi connectivity index (χ0v) is 11.8. The highest BCUT2D eigenvalue weighted by molar-refractivity contribution is 5.69. The molecule has 0 fully saturated rings. The van der Waals surface area contributed by atoms with Gasteiger partial charge in [-0.15, -0.1) is 0 Å². The van der Waals surface area contributed by atoms with Gasteiger partial charge in [0, 0.05) is 6.54 Å². The van der Waals surface area contributed by atoms with Crippen LogP contribution in [0.5, 0.6) is 0 Å². The molecule has 4 N–H and O–H groups in total. The van der Waals surface area contributed by atoms with Crippen LogP contribution in [0.2, 0.25) is 0 Å². The molecule has 0 rings (SSSR count). The van der Waals surface area contributed by atoms with Gasteiger partial charge in [0.2, 0.25) is 0 Å². The van der Waals surface area contributed by atoms with E-state index in [1.807, 2.05) is 13.8 Å². The highest BCUT2D eigenvalue weighted by atomic mass is 16.5. The van der Waals surface area contributed by atoms with E-state index in [0.29, 0.717) is 25.5 Å². The second-order valence-corrected chi connectivity index (χ2v) is 4.82. The Kier molecular flexibility index (Phi) is 12.3. The van der Waals surface area contributed by atoms with E-state index in [-0.39, 0.29) is 5.97 Å². The van der Waals surface area contributed by atoms with Crippen LogP contribution in [0.25, 0.3) is 0 Å². The first-order chi connectivity index (χ1) is 8.66. The number of rotatable bonds is 12.